The molecule has 0 radical (unpaired) electrons. The number of rotatable bonds is 7. The van der Waals surface area contributed by atoms with Crippen LogP contribution in [0.4, 0.5) is 0 Å². The molecular formula is C24H42BN3O4. The molecule has 180 valence electrons. The molecule has 7 atom stereocenters. The number of nitrogens with one attached hydrogen (secondary N) is 1. The summed E-state index contributed by atoms with van der Waals surface area (Å²) >= 11 is 0. The van der Waals surface area contributed by atoms with Gasteiger partial charge in [0.1, 0.15) is 6.04 Å². The molecular weight excluding hydrogens is 405 g/mol. The first-order valence-corrected chi connectivity index (χ1v) is 12.6. The van der Waals surface area contributed by atoms with Crippen LogP contribution in [0, 0.1) is 29.1 Å². The highest BCUT2D eigenvalue weighted by Gasteiger charge is 2.67. The molecule has 5 fully saturated rings. The van der Waals surface area contributed by atoms with Gasteiger partial charge in [-0.05, 0) is 68.0 Å². The Bertz CT molecular complexity index is 747. The largest absolute Gasteiger partial charge is 0.457 e. The third-order valence-corrected chi connectivity index (χ3v) is 9.06. The third-order valence-electron chi connectivity index (χ3n) is 9.06. The van der Waals surface area contributed by atoms with Crippen LogP contribution in [0.1, 0.15) is 67.2 Å². The summed E-state index contributed by atoms with van der Waals surface area (Å²) in [6.45, 7) is 14.1. The van der Waals surface area contributed by atoms with E-state index in [1.807, 2.05) is 13.8 Å². The quantitative estimate of drug-likeness (QED) is 0.585. The number of carbonyl (C=O) groups excluding carboxylic acids is 2. The molecule has 3 saturated carbocycles. The zero-order valence-electron chi connectivity index (χ0n) is 20.7. The van der Waals surface area contributed by atoms with E-state index in [-0.39, 0.29) is 42.5 Å². The molecule has 0 aromatic rings. The summed E-state index contributed by atoms with van der Waals surface area (Å²) in [5.74, 6) is 1.39. The van der Waals surface area contributed by atoms with Crippen LogP contribution in [0.2, 0.25) is 6.32 Å². The highest BCUT2D eigenvalue weighted by Crippen LogP contribution is 2.65. The van der Waals surface area contributed by atoms with Crippen LogP contribution in [-0.2, 0) is 18.9 Å². The molecule has 2 amide bonds. The number of hydrogen-bond acceptors (Lipinski definition) is 5. The van der Waals surface area contributed by atoms with E-state index in [0.29, 0.717) is 30.8 Å². The van der Waals surface area contributed by atoms with E-state index in [0.717, 1.165) is 25.1 Å². The number of nitrogens with zero attached hydrogens (tertiary/aromatic N) is 1. The van der Waals surface area contributed by atoms with Crippen molar-refractivity contribution in [1.82, 2.24) is 10.2 Å². The smallest absolute Gasteiger partial charge is 0.405 e. The second-order valence-corrected chi connectivity index (χ2v) is 11.9. The monoisotopic (exact) mass is 447 g/mol. The maximum Gasteiger partial charge on any atom is 0.457 e. The Morgan fingerprint density at radius 1 is 1.22 bits per heavy atom. The van der Waals surface area contributed by atoms with E-state index < -0.39 is 12.1 Å². The fraction of sp³-hybridized carbons (Fsp3) is 0.917. The van der Waals surface area contributed by atoms with Gasteiger partial charge in [-0.1, -0.05) is 34.6 Å². The van der Waals surface area contributed by atoms with E-state index in [4.69, 9.17) is 15.0 Å². The van der Waals surface area contributed by atoms with Crippen molar-refractivity contribution in [2.75, 3.05) is 13.1 Å². The molecule has 1 unspecified atom stereocenters. The molecule has 2 bridgehead atoms. The van der Waals surface area contributed by atoms with E-state index in [2.05, 4.69) is 33.0 Å². The molecule has 5 rings (SSSR count). The van der Waals surface area contributed by atoms with Gasteiger partial charge in [0.15, 0.2) is 0 Å². The number of nitrogens with two attached hydrogens (primary N) is 1. The van der Waals surface area contributed by atoms with Crippen LogP contribution in [0.25, 0.3) is 0 Å². The van der Waals surface area contributed by atoms with Crippen LogP contribution < -0.4 is 11.1 Å². The van der Waals surface area contributed by atoms with E-state index >= 15 is 0 Å². The molecule has 0 aromatic heterocycles. The normalized spacial score (nSPS) is 37.1. The molecule has 3 N–H and O–H groups in total. The lowest BCUT2D eigenvalue weighted by Gasteiger charge is -2.64. The van der Waals surface area contributed by atoms with Gasteiger partial charge in [0.2, 0.25) is 11.8 Å². The molecule has 2 aliphatic heterocycles. The van der Waals surface area contributed by atoms with Crippen molar-refractivity contribution in [3.05, 3.63) is 0 Å². The lowest BCUT2D eigenvalue weighted by atomic mass is 9.43. The van der Waals surface area contributed by atoms with Gasteiger partial charge in [-0.25, -0.2) is 0 Å². The lowest BCUT2D eigenvalue weighted by molar-refractivity contribution is -0.199. The molecule has 2 saturated heterocycles. The first-order valence-electron chi connectivity index (χ1n) is 12.6. The van der Waals surface area contributed by atoms with Gasteiger partial charge in [0.25, 0.3) is 0 Å². The minimum atomic E-state index is -0.556. The van der Waals surface area contributed by atoms with Crippen molar-refractivity contribution >= 4 is 18.9 Å². The Labute approximate surface area is 193 Å². The fourth-order valence-electron chi connectivity index (χ4n) is 6.64. The maximum absolute atomic E-state index is 12.9. The summed E-state index contributed by atoms with van der Waals surface area (Å²) in [7, 11) is -0.208. The Morgan fingerprint density at radius 2 is 1.94 bits per heavy atom. The number of hydrogen-bond donors (Lipinski definition) is 2. The summed E-state index contributed by atoms with van der Waals surface area (Å²) in [5, 5.41) is 3.07. The molecule has 32 heavy (non-hydrogen) atoms. The zero-order valence-corrected chi connectivity index (χ0v) is 20.7. The van der Waals surface area contributed by atoms with Crippen molar-refractivity contribution in [2.45, 2.75) is 97.3 Å². The van der Waals surface area contributed by atoms with Crippen LogP contribution in [0.3, 0.4) is 0 Å². The third kappa shape index (κ3) is 4.01. The topological polar surface area (TPSA) is 93.9 Å². The predicted octanol–water partition coefficient (Wildman–Crippen LogP) is 2.44. The molecule has 3 aliphatic carbocycles. The van der Waals surface area contributed by atoms with Gasteiger partial charge in [-0.3, -0.25) is 9.59 Å². The Kier molecular flexibility index (Phi) is 6.45. The minimum absolute atomic E-state index is 0.0558. The van der Waals surface area contributed by atoms with Crippen LogP contribution >= 0.6 is 0 Å². The maximum atomic E-state index is 12.9. The highest BCUT2D eigenvalue weighted by atomic mass is 16.7. The Balaban J connectivity index is 1.26. The average Bonchev–Trinajstić information content (AvgIpc) is 3.33. The number of carbonyl (C=O) groups is 2. The summed E-state index contributed by atoms with van der Waals surface area (Å²) in [6, 6.07) is -0.964. The summed E-state index contributed by atoms with van der Waals surface area (Å²) in [5.41, 5.74) is 6.21. The highest BCUT2D eigenvalue weighted by molar-refractivity contribution is 6.45. The van der Waals surface area contributed by atoms with Gasteiger partial charge in [0.05, 0.1) is 17.7 Å². The minimum Gasteiger partial charge on any atom is -0.405 e. The van der Waals surface area contributed by atoms with Crippen molar-refractivity contribution in [3.63, 3.8) is 0 Å². The molecule has 0 spiro atoms. The van der Waals surface area contributed by atoms with Crippen LogP contribution in [0.15, 0.2) is 0 Å². The standard InChI is InChI=1S/C24H42BN3O4/c1-14(2)20(26)22(30)28-9-7-8-17(28)21(29)27-13-15(3)12-25-31-19-11-16-10-18(23(16,4)5)24(19,6)32-25/h14-20H,7-13,26H2,1-6H3,(H,27,29)/t15-,16+,17?,18+,19-,20+,24+/m1/s1. The lowest BCUT2D eigenvalue weighted by Crippen LogP contribution is -2.65. The number of amides is 2. The van der Waals surface area contributed by atoms with Crippen molar-refractivity contribution in [3.8, 4) is 0 Å². The molecule has 2 heterocycles. The summed E-state index contributed by atoms with van der Waals surface area (Å²) in [4.78, 5) is 27.2. The molecule has 5 aliphatic rings. The van der Waals surface area contributed by atoms with Gasteiger partial charge in [-0.15, -0.1) is 0 Å². The average molecular weight is 447 g/mol. The van der Waals surface area contributed by atoms with Crippen molar-refractivity contribution in [2.24, 2.45) is 34.8 Å². The first-order chi connectivity index (χ1) is 14.9. The van der Waals surface area contributed by atoms with E-state index in [1.165, 1.54) is 6.42 Å². The van der Waals surface area contributed by atoms with Gasteiger partial charge in [-0.2, -0.15) is 0 Å². The first kappa shape index (κ1) is 24.0. The van der Waals surface area contributed by atoms with E-state index in [1.54, 1.807) is 4.90 Å². The molecule has 8 heteroatoms. The SMILES string of the molecule is CC(C)[C@H](N)C(=O)N1CCCC1C(=O)NC[C@H](C)CB1O[C@@H]2C[C@@H]3C[C@@H](C3(C)C)[C@]2(C)O1. The van der Waals surface area contributed by atoms with Gasteiger partial charge >= 0.3 is 7.12 Å². The molecule has 0 aromatic carbocycles. The fourth-order valence-corrected chi connectivity index (χ4v) is 6.64. The van der Waals surface area contributed by atoms with Gasteiger partial charge < -0.3 is 25.3 Å². The van der Waals surface area contributed by atoms with Crippen molar-refractivity contribution < 1.29 is 18.9 Å². The second kappa shape index (κ2) is 8.59. The van der Waals surface area contributed by atoms with E-state index in [9.17, 15) is 9.59 Å². The van der Waals surface area contributed by atoms with Gasteiger partial charge in [0, 0.05) is 13.1 Å². The molecule has 7 nitrogen and oxygen atoms in total. The predicted molar refractivity (Wildman–Crippen MR) is 125 cm³/mol. The Hall–Kier alpha value is -1.12. The number of likely N-dealkylation sites (tertiary alicyclic amines) is 1. The second-order valence-electron chi connectivity index (χ2n) is 11.9. The summed E-state index contributed by atoms with van der Waals surface area (Å²) in [6.07, 6.45) is 4.82. The zero-order chi connectivity index (χ0) is 23.4. The Morgan fingerprint density at radius 3 is 2.59 bits per heavy atom. The van der Waals surface area contributed by atoms with Crippen LogP contribution in [-0.4, -0.2) is 60.7 Å². The summed E-state index contributed by atoms with van der Waals surface area (Å²) < 4.78 is 12.8. The van der Waals surface area contributed by atoms with Crippen LogP contribution in [0.5, 0.6) is 0 Å². The van der Waals surface area contributed by atoms with Crippen molar-refractivity contribution in [1.29, 1.82) is 0 Å².